The van der Waals surface area contributed by atoms with Crippen LogP contribution in [0, 0.1) is 6.92 Å². The van der Waals surface area contributed by atoms with Crippen LogP contribution in [0.5, 0.6) is 5.75 Å². The second-order valence-corrected chi connectivity index (χ2v) is 9.38. The molecule has 0 atom stereocenters. The van der Waals surface area contributed by atoms with E-state index in [1.165, 1.54) is 5.19 Å². The number of phenolic OH excluding ortho intramolecular Hbond substituents is 1. The SMILES string of the molecule is Cc1cc(O)cc([Si](C)(C)C)c1.Cl.Cl.[Ti]. The van der Waals surface area contributed by atoms with Gasteiger partial charge in [0.1, 0.15) is 5.75 Å². The first-order valence-electron chi connectivity index (χ1n) is 4.21. The number of phenols is 1. The molecule has 0 bridgehead atoms. The summed E-state index contributed by atoms with van der Waals surface area (Å²) in [5.74, 6) is 0.396. The second kappa shape index (κ2) is 7.75. The first kappa shape index (κ1) is 20.9. The molecule has 0 saturated heterocycles. The predicted octanol–water partition coefficient (Wildman–Crippen LogP) is 3.09. The molecule has 1 aromatic carbocycles. The van der Waals surface area contributed by atoms with Crippen molar-refractivity contribution >= 4 is 38.1 Å². The maximum Gasteiger partial charge on any atom is 0.115 e. The quantitative estimate of drug-likeness (QED) is 0.790. The molecule has 0 aromatic heterocycles. The molecule has 1 rings (SSSR count). The van der Waals surface area contributed by atoms with Crippen molar-refractivity contribution in [3.05, 3.63) is 23.8 Å². The molecule has 0 fully saturated rings. The van der Waals surface area contributed by atoms with E-state index in [0.717, 1.165) is 5.56 Å². The summed E-state index contributed by atoms with van der Waals surface area (Å²) >= 11 is 0. The maximum atomic E-state index is 9.38. The van der Waals surface area contributed by atoms with Gasteiger partial charge in [-0.15, -0.1) is 24.8 Å². The summed E-state index contributed by atoms with van der Waals surface area (Å²) in [6.45, 7) is 8.85. The largest absolute Gasteiger partial charge is 0.508 e. The van der Waals surface area contributed by atoms with Gasteiger partial charge in [0.2, 0.25) is 0 Å². The Hall–Kier alpha value is 0.531. The minimum atomic E-state index is -1.26. The zero-order valence-corrected chi connectivity index (χ0v) is 13.7. The molecule has 0 aliphatic rings. The van der Waals surface area contributed by atoms with Crippen molar-refractivity contribution < 1.29 is 26.8 Å². The molecule has 86 valence electrons. The molecule has 1 aromatic rings. The van der Waals surface area contributed by atoms with E-state index in [4.69, 9.17) is 0 Å². The Balaban J connectivity index is -0.000000480. The van der Waals surface area contributed by atoms with Crippen LogP contribution in [0.3, 0.4) is 0 Å². The van der Waals surface area contributed by atoms with Crippen LogP contribution in [-0.2, 0) is 21.7 Å². The Kier molecular flexibility index (Phi) is 10.8. The summed E-state index contributed by atoms with van der Waals surface area (Å²) in [5.41, 5.74) is 1.15. The van der Waals surface area contributed by atoms with Gasteiger partial charge in [0.25, 0.3) is 0 Å². The van der Waals surface area contributed by atoms with Crippen LogP contribution in [-0.4, -0.2) is 13.2 Å². The maximum absolute atomic E-state index is 9.38. The summed E-state index contributed by atoms with van der Waals surface area (Å²) in [6, 6.07) is 5.86. The van der Waals surface area contributed by atoms with Crippen LogP contribution in [0.15, 0.2) is 18.2 Å². The molecule has 0 amide bonds. The summed E-state index contributed by atoms with van der Waals surface area (Å²) < 4.78 is 0. The fourth-order valence-corrected chi connectivity index (χ4v) is 2.44. The molecular weight excluding hydrogens is 283 g/mol. The fourth-order valence-electron chi connectivity index (χ4n) is 1.20. The summed E-state index contributed by atoms with van der Waals surface area (Å²) in [5, 5.41) is 10.7. The Morgan fingerprint density at radius 2 is 1.47 bits per heavy atom. The van der Waals surface area contributed by atoms with Gasteiger partial charge in [0, 0.05) is 21.7 Å². The smallest absolute Gasteiger partial charge is 0.115 e. The Morgan fingerprint density at radius 1 is 1.00 bits per heavy atom. The van der Waals surface area contributed by atoms with Crippen molar-refractivity contribution in [3.63, 3.8) is 0 Å². The van der Waals surface area contributed by atoms with Gasteiger partial charge in [-0.25, -0.2) is 0 Å². The molecule has 0 aliphatic carbocycles. The summed E-state index contributed by atoms with van der Waals surface area (Å²) in [7, 11) is -1.26. The van der Waals surface area contributed by atoms with Gasteiger partial charge in [-0.1, -0.05) is 30.9 Å². The zero-order valence-electron chi connectivity index (χ0n) is 9.50. The normalized spacial score (nSPS) is 9.33. The molecule has 0 spiro atoms. The van der Waals surface area contributed by atoms with Crippen molar-refractivity contribution in [2.75, 3.05) is 0 Å². The van der Waals surface area contributed by atoms with Crippen LogP contribution in [0.4, 0.5) is 0 Å². The minimum absolute atomic E-state index is 0. The van der Waals surface area contributed by atoms with Gasteiger partial charge in [0.15, 0.2) is 0 Å². The van der Waals surface area contributed by atoms with Crippen molar-refractivity contribution in [1.29, 1.82) is 0 Å². The first-order valence-corrected chi connectivity index (χ1v) is 7.71. The van der Waals surface area contributed by atoms with Crippen molar-refractivity contribution in [1.82, 2.24) is 0 Å². The van der Waals surface area contributed by atoms with Gasteiger partial charge < -0.3 is 5.11 Å². The van der Waals surface area contributed by atoms with E-state index in [2.05, 4.69) is 25.7 Å². The predicted molar refractivity (Wildman–Crippen MR) is 70.3 cm³/mol. The monoisotopic (exact) mass is 300 g/mol. The van der Waals surface area contributed by atoms with E-state index in [1.54, 1.807) is 6.07 Å². The van der Waals surface area contributed by atoms with E-state index in [1.807, 2.05) is 13.0 Å². The molecule has 0 saturated carbocycles. The molecule has 5 heteroatoms. The van der Waals surface area contributed by atoms with Gasteiger partial charge in [-0.2, -0.15) is 0 Å². The number of aryl methyl sites for hydroxylation is 1. The van der Waals surface area contributed by atoms with E-state index < -0.39 is 8.07 Å². The molecule has 15 heavy (non-hydrogen) atoms. The van der Waals surface area contributed by atoms with Crippen LogP contribution < -0.4 is 5.19 Å². The number of hydrogen-bond acceptors (Lipinski definition) is 1. The number of benzene rings is 1. The van der Waals surface area contributed by atoms with Crippen molar-refractivity contribution in [2.45, 2.75) is 26.6 Å². The van der Waals surface area contributed by atoms with Gasteiger partial charge in [0.05, 0.1) is 8.07 Å². The van der Waals surface area contributed by atoms with Crippen molar-refractivity contribution in [3.8, 4) is 5.75 Å². The Bertz CT molecular complexity index is 280. The fraction of sp³-hybridized carbons (Fsp3) is 0.400. The molecule has 0 aliphatic heterocycles. The van der Waals surface area contributed by atoms with E-state index >= 15 is 0 Å². The summed E-state index contributed by atoms with van der Waals surface area (Å²) in [4.78, 5) is 0. The molecular formula is C10H18Cl2OSiTi. The van der Waals surface area contributed by atoms with Crippen LogP contribution in [0.2, 0.25) is 19.6 Å². The number of aromatic hydroxyl groups is 1. The molecule has 0 unspecified atom stereocenters. The topological polar surface area (TPSA) is 20.2 Å². The number of hydrogen-bond donors (Lipinski definition) is 1. The minimum Gasteiger partial charge on any atom is -0.508 e. The van der Waals surface area contributed by atoms with Gasteiger partial charge in [-0.3, -0.25) is 0 Å². The van der Waals surface area contributed by atoms with Crippen molar-refractivity contribution in [2.24, 2.45) is 0 Å². The van der Waals surface area contributed by atoms with Crippen LogP contribution in [0.1, 0.15) is 5.56 Å². The molecule has 1 nitrogen and oxygen atoms in total. The second-order valence-electron chi connectivity index (χ2n) is 4.31. The van der Waals surface area contributed by atoms with E-state index in [9.17, 15) is 5.11 Å². The van der Waals surface area contributed by atoms with Gasteiger partial charge >= 0.3 is 0 Å². The Morgan fingerprint density at radius 3 is 1.80 bits per heavy atom. The van der Waals surface area contributed by atoms with Gasteiger partial charge in [-0.05, 0) is 24.6 Å². The number of rotatable bonds is 1. The Labute approximate surface area is 120 Å². The third-order valence-electron chi connectivity index (χ3n) is 1.93. The number of halogens is 2. The molecule has 1 N–H and O–H groups in total. The standard InChI is InChI=1S/C10H16OSi.2ClH.Ti/c1-8-5-9(11)7-10(6-8)12(2,3)4;;;/h5-7,11H,1-4H3;2*1H;. The van der Waals surface area contributed by atoms with E-state index in [0.29, 0.717) is 5.75 Å². The third kappa shape index (κ3) is 6.64. The third-order valence-corrected chi connectivity index (χ3v) is 3.95. The van der Waals surface area contributed by atoms with Crippen LogP contribution >= 0.6 is 24.8 Å². The average Bonchev–Trinajstić information content (AvgIpc) is 1.82. The molecule has 0 heterocycles. The first-order chi connectivity index (χ1) is 5.39. The van der Waals surface area contributed by atoms with Crippen LogP contribution in [0.25, 0.3) is 0 Å². The average molecular weight is 301 g/mol. The zero-order chi connectivity index (χ0) is 9.35. The molecule has 0 radical (unpaired) electrons. The van der Waals surface area contributed by atoms with E-state index in [-0.39, 0.29) is 46.5 Å². The summed E-state index contributed by atoms with van der Waals surface area (Å²) in [6.07, 6.45) is 0.